The minimum atomic E-state index is -1.53. The average Bonchev–Trinajstić information content (AvgIpc) is 2.95. The van der Waals surface area contributed by atoms with Crippen LogP contribution in [-0.2, 0) is 23.7 Å². The predicted molar refractivity (Wildman–Crippen MR) is 155 cm³/mol. The van der Waals surface area contributed by atoms with Crippen LogP contribution in [0.15, 0.2) is 0 Å². The molecule has 0 saturated carbocycles. The molecule has 1 fully saturated rings. The Labute approximate surface area is 242 Å². The van der Waals surface area contributed by atoms with Gasteiger partial charge in [-0.3, -0.25) is 4.79 Å². The summed E-state index contributed by atoms with van der Waals surface area (Å²) in [6.45, 7) is 4.48. The van der Waals surface area contributed by atoms with Gasteiger partial charge in [-0.25, -0.2) is 0 Å². The Morgan fingerprint density at radius 1 is 0.700 bits per heavy atom. The SMILES string of the molecule is CCCCCCCCCCCCCC(=O)OC(COCCCCCCCC)COC1OC(CO)C(O)C(O)C1O. The summed E-state index contributed by atoms with van der Waals surface area (Å²) in [4.78, 5) is 12.5. The number of hydrogen-bond donors (Lipinski definition) is 4. The summed E-state index contributed by atoms with van der Waals surface area (Å²) in [7, 11) is 0. The molecule has 0 aromatic heterocycles. The number of ether oxygens (including phenoxy) is 4. The molecule has 0 spiro atoms. The molecule has 0 bridgehead atoms. The quantitative estimate of drug-likeness (QED) is 0.0846. The van der Waals surface area contributed by atoms with Crippen LogP contribution in [0.3, 0.4) is 0 Å². The molecule has 6 atom stereocenters. The van der Waals surface area contributed by atoms with Crippen molar-refractivity contribution in [2.75, 3.05) is 26.4 Å². The van der Waals surface area contributed by atoms with Gasteiger partial charge in [-0.2, -0.15) is 0 Å². The van der Waals surface area contributed by atoms with Crippen molar-refractivity contribution < 1.29 is 44.2 Å². The number of aliphatic hydroxyl groups excluding tert-OH is 4. The van der Waals surface area contributed by atoms with E-state index in [1.54, 1.807) is 0 Å². The molecule has 0 radical (unpaired) electrons. The highest BCUT2D eigenvalue weighted by Crippen LogP contribution is 2.22. The van der Waals surface area contributed by atoms with E-state index in [4.69, 9.17) is 18.9 Å². The second kappa shape index (κ2) is 24.8. The Balaban J connectivity index is 2.38. The maximum Gasteiger partial charge on any atom is 0.306 e. The first-order valence-electron chi connectivity index (χ1n) is 16.1. The van der Waals surface area contributed by atoms with Crippen molar-refractivity contribution in [1.82, 2.24) is 0 Å². The standard InChI is InChI=1S/C31H60O9/c1-3-5-7-9-11-12-13-14-15-16-18-20-27(33)39-25(23-37-21-19-17-10-8-6-4-2)24-38-31-30(36)29(35)28(34)26(22-32)40-31/h25-26,28-32,34-36H,3-24H2,1-2H3. The van der Waals surface area contributed by atoms with Crippen molar-refractivity contribution in [3.8, 4) is 0 Å². The molecule has 1 heterocycles. The molecule has 9 nitrogen and oxygen atoms in total. The molecule has 1 aliphatic heterocycles. The first-order chi connectivity index (χ1) is 19.4. The fourth-order valence-electron chi connectivity index (χ4n) is 4.90. The third-order valence-corrected chi connectivity index (χ3v) is 7.52. The molecule has 0 amide bonds. The van der Waals surface area contributed by atoms with Crippen LogP contribution in [0.1, 0.15) is 129 Å². The van der Waals surface area contributed by atoms with Crippen LogP contribution >= 0.6 is 0 Å². The molecule has 1 aliphatic rings. The number of rotatable bonds is 26. The van der Waals surface area contributed by atoms with Gasteiger partial charge in [0.15, 0.2) is 6.29 Å². The lowest BCUT2D eigenvalue weighted by molar-refractivity contribution is -0.305. The molecule has 40 heavy (non-hydrogen) atoms. The molecule has 238 valence electrons. The molecule has 0 aliphatic carbocycles. The second-order valence-electron chi connectivity index (χ2n) is 11.3. The van der Waals surface area contributed by atoms with Crippen LogP contribution in [0.5, 0.6) is 0 Å². The third kappa shape index (κ3) is 17.2. The second-order valence-corrected chi connectivity index (χ2v) is 11.3. The maximum atomic E-state index is 12.5. The first kappa shape index (κ1) is 37.2. The highest BCUT2D eigenvalue weighted by molar-refractivity contribution is 5.69. The van der Waals surface area contributed by atoms with E-state index in [2.05, 4.69) is 13.8 Å². The van der Waals surface area contributed by atoms with Crippen molar-refractivity contribution >= 4 is 5.97 Å². The Bertz CT molecular complexity index is 589. The number of carbonyl (C=O) groups is 1. The molecule has 1 rings (SSSR count). The molecule has 0 aromatic rings. The van der Waals surface area contributed by atoms with E-state index in [9.17, 15) is 25.2 Å². The van der Waals surface area contributed by atoms with E-state index >= 15 is 0 Å². The Hall–Kier alpha value is -0.810. The number of hydrogen-bond acceptors (Lipinski definition) is 9. The fourth-order valence-corrected chi connectivity index (χ4v) is 4.90. The van der Waals surface area contributed by atoms with Gasteiger partial charge in [-0.1, -0.05) is 110 Å². The van der Waals surface area contributed by atoms with Crippen LogP contribution in [0.2, 0.25) is 0 Å². The van der Waals surface area contributed by atoms with E-state index in [0.717, 1.165) is 32.1 Å². The topological polar surface area (TPSA) is 135 Å². The van der Waals surface area contributed by atoms with Crippen LogP contribution in [0, 0.1) is 0 Å². The lowest BCUT2D eigenvalue weighted by atomic mass is 9.99. The van der Waals surface area contributed by atoms with Gasteiger partial charge in [-0.05, 0) is 12.8 Å². The highest BCUT2D eigenvalue weighted by Gasteiger charge is 2.44. The lowest BCUT2D eigenvalue weighted by Gasteiger charge is -2.39. The molecule has 1 saturated heterocycles. The molecular weight excluding hydrogens is 516 g/mol. The van der Waals surface area contributed by atoms with Gasteiger partial charge in [0.1, 0.15) is 30.5 Å². The van der Waals surface area contributed by atoms with Gasteiger partial charge >= 0.3 is 5.97 Å². The van der Waals surface area contributed by atoms with E-state index in [0.29, 0.717) is 13.0 Å². The van der Waals surface area contributed by atoms with Crippen molar-refractivity contribution in [2.45, 2.75) is 166 Å². The third-order valence-electron chi connectivity index (χ3n) is 7.52. The summed E-state index contributed by atoms with van der Waals surface area (Å²) in [5.74, 6) is -0.318. The number of esters is 1. The largest absolute Gasteiger partial charge is 0.457 e. The van der Waals surface area contributed by atoms with Gasteiger partial charge < -0.3 is 39.4 Å². The zero-order valence-electron chi connectivity index (χ0n) is 25.4. The van der Waals surface area contributed by atoms with Gasteiger partial charge in [0, 0.05) is 13.0 Å². The van der Waals surface area contributed by atoms with E-state index in [1.807, 2.05) is 0 Å². The summed E-state index contributed by atoms with van der Waals surface area (Å²) in [5.41, 5.74) is 0. The minimum absolute atomic E-state index is 0.108. The predicted octanol–water partition coefficient (Wildman–Crippen LogP) is 4.79. The zero-order chi connectivity index (χ0) is 29.4. The summed E-state index contributed by atoms with van der Waals surface area (Å²) < 4.78 is 22.5. The van der Waals surface area contributed by atoms with E-state index in [1.165, 1.54) is 77.0 Å². The van der Waals surface area contributed by atoms with Crippen LogP contribution < -0.4 is 0 Å². The highest BCUT2D eigenvalue weighted by atomic mass is 16.7. The summed E-state index contributed by atoms with van der Waals surface area (Å²) >= 11 is 0. The maximum absolute atomic E-state index is 12.5. The molecule has 4 N–H and O–H groups in total. The van der Waals surface area contributed by atoms with Crippen LogP contribution in [0.25, 0.3) is 0 Å². The summed E-state index contributed by atoms with van der Waals surface area (Å²) in [5, 5.41) is 39.6. The molecular formula is C31H60O9. The van der Waals surface area contributed by atoms with Gasteiger partial charge in [0.05, 0.1) is 19.8 Å². The molecule has 0 aromatic carbocycles. The van der Waals surface area contributed by atoms with E-state index < -0.39 is 43.4 Å². The summed E-state index contributed by atoms with van der Waals surface area (Å²) in [6.07, 6.45) is 12.9. The fraction of sp³-hybridized carbons (Fsp3) is 0.968. The van der Waals surface area contributed by atoms with Crippen LogP contribution in [0.4, 0.5) is 0 Å². The first-order valence-corrected chi connectivity index (χ1v) is 16.1. The average molecular weight is 577 g/mol. The van der Waals surface area contributed by atoms with Gasteiger partial charge in [0.25, 0.3) is 0 Å². The smallest absolute Gasteiger partial charge is 0.306 e. The van der Waals surface area contributed by atoms with Crippen LogP contribution in [-0.4, -0.2) is 89.6 Å². The number of aliphatic hydroxyl groups is 4. The Morgan fingerprint density at radius 2 is 1.23 bits per heavy atom. The van der Waals surface area contributed by atoms with Crippen molar-refractivity contribution in [3.63, 3.8) is 0 Å². The zero-order valence-corrected chi connectivity index (χ0v) is 25.4. The Kier molecular flexibility index (Phi) is 23.0. The number of carbonyl (C=O) groups excluding carboxylic acids is 1. The normalized spacial score (nSPS) is 23.8. The number of unbranched alkanes of at least 4 members (excludes halogenated alkanes) is 15. The van der Waals surface area contributed by atoms with Crippen molar-refractivity contribution in [3.05, 3.63) is 0 Å². The van der Waals surface area contributed by atoms with E-state index in [-0.39, 0.29) is 19.2 Å². The monoisotopic (exact) mass is 576 g/mol. The molecule has 6 unspecified atom stereocenters. The molecule has 9 heteroatoms. The van der Waals surface area contributed by atoms with Gasteiger partial charge in [0.2, 0.25) is 0 Å². The van der Waals surface area contributed by atoms with Crippen molar-refractivity contribution in [1.29, 1.82) is 0 Å². The minimum Gasteiger partial charge on any atom is -0.457 e. The van der Waals surface area contributed by atoms with Crippen molar-refractivity contribution in [2.24, 2.45) is 0 Å². The van der Waals surface area contributed by atoms with Gasteiger partial charge in [-0.15, -0.1) is 0 Å². The summed E-state index contributed by atoms with van der Waals surface area (Å²) in [6, 6.07) is 0. The Morgan fingerprint density at radius 3 is 1.77 bits per heavy atom. The lowest BCUT2D eigenvalue weighted by Crippen LogP contribution is -2.59.